The summed E-state index contributed by atoms with van der Waals surface area (Å²) in [6.45, 7) is 1.35. The number of hydrogen-bond acceptors (Lipinski definition) is 2. The summed E-state index contributed by atoms with van der Waals surface area (Å²) in [5, 5.41) is 0. The van der Waals surface area contributed by atoms with Crippen LogP contribution in [0.1, 0.15) is 6.92 Å². The van der Waals surface area contributed by atoms with Crippen molar-refractivity contribution in [2.75, 3.05) is 0 Å². The van der Waals surface area contributed by atoms with Crippen molar-refractivity contribution < 1.29 is 51.2 Å². The van der Waals surface area contributed by atoms with Crippen molar-refractivity contribution in [3.05, 3.63) is 0 Å². The molecule has 2 nitrogen and oxygen atoms in total. The summed E-state index contributed by atoms with van der Waals surface area (Å²) in [5.74, 6) is -0.270. The van der Waals surface area contributed by atoms with Gasteiger partial charge in [-0.3, -0.25) is 0 Å². The maximum absolute atomic E-state index is 9.58. The molecule has 0 atom stereocenters. The Morgan fingerprint density at radius 2 is 2.00 bits per heavy atom. The predicted octanol–water partition coefficient (Wildman–Crippen LogP) is 0.00880. The summed E-state index contributed by atoms with van der Waals surface area (Å²) in [5.41, 5.74) is 0. The first-order valence-corrected chi connectivity index (χ1v) is 1.92. The Hall–Kier alpha value is 0.925. The molecule has 0 aliphatic heterocycles. The fraction of sp³-hybridized carbons (Fsp3) is 0.500. The van der Waals surface area contributed by atoms with E-state index in [0.29, 0.717) is 0 Å². The van der Waals surface area contributed by atoms with Gasteiger partial charge in [-0.2, -0.15) is 0 Å². The molecule has 0 fully saturated rings. The molecule has 0 saturated carbocycles. The first-order valence-electron chi connectivity index (χ1n) is 1.03. The summed E-state index contributed by atoms with van der Waals surface area (Å²) < 4.78 is 4.06. The van der Waals surface area contributed by atoms with Crippen LogP contribution in [0.2, 0.25) is 0 Å². The molecule has 0 unspecified atom stereocenters. The molecule has 38 valence electrons. The predicted molar refractivity (Wildman–Crippen MR) is 11.8 cm³/mol. The first-order chi connectivity index (χ1) is 2.27. The molecular formula is C2H3AuO2Ti. The summed E-state index contributed by atoms with van der Waals surface area (Å²) in [7, 11) is 0. The van der Waals surface area contributed by atoms with Gasteiger partial charge in [0.1, 0.15) is 0 Å². The molecule has 0 spiro atoms. The van der Waals surface area contributed by atoms with Gasteiger partial charge in [-0.1, -0.05) is 0 Å². The molecule has 0 heterocycles. The van der Waals surface area contributed by atoms with Crippen molar-refractivity contribution >= 4 is 5.97 Å². The molecule has 0 aliphatic rings. The van der Waals surface area contributed by atoms with E-state index in [4.69, 9.17) is 0 Å². The summed E-state index contributed by atoms with van der Waals surface area (Å²) >= 11 is 1.68. The van der Waals surface area contributed by atoms with E-state index in [2.05, 4.69) is 3.24 Å². The second-order valence-electron chi connectivity index (χ2n) is 0.553. The van der Waals surface area contributed by atoms with E-state index in [1.54, 1.807) is 21.5 Å². The van der Waals surface area contributed by atoms with Crippen LogP contribution in [0.4, 0.5) is 0 Å². The fourth-order valence-electron chi connectivity index (χ4n) is 0. The molecule has 0 amide bonds. The van der Waals surface area contributed by atoms with Crippen LogP contribution >= 0.6 is 0 Å². The van der Waals surface area contributed by atoms with Gasteiger partial charge in [0.05, 0.1) is 0 Å². The summed E-state index contributed by atoms with van der Waals surface area (Å²) in [6.07, 6.45) is 0. The maximum atomic E-state index is 9.58. The van der Waals surface area contributed by atoms with Crippen molar-refractivity contribution in [1.82, 2.24) is 0 Å². The zero-order chi connectivity index (χ0) is 4.28. The molecule has 0 aromatic rings. The largest absolute Gasteiger partial charge is 0 e. The van der Waals surface area contributed by atoms with Gasteiger partial charge >= 0.3 is 42.4 Å². The van der Waals surface area contributed by atoms with Crippen LogP contribution in [0.15, 0.2) is 0 Å². The topological polar surface area (TPSA) is 26.3 Å². The van der Waals surface area contributed by atoms with E-state index in [1.807, 2.05) is 0 Å². The third-order valence-electron chi connectivity index (χ3n) is 0.0867. The molecule has 0 saturated heterocycles. The number of rotatable bonds is 0. The molecular weight excluding hydrogens is 301 g/mol. The Labute approximate surface area is 63.9 Å². The van der Waals surface area contributed by atoms with Crippen LogP contribution in [0.25, 0.3) is 0 Å². The average molecular weight is 304 g/mol. The minimum absolute atomic E-state index is 0. The normalized spacial score (nSPS) is 5.83. The molecule has 0 rings (SSSR count). The van der Waals surface area contributed by atoms with Crippen molar-refractivity contribution in [2.24, 2.45) is 0 Å². The van der Waals surface area contributed by atoms with Crippen LogP contribution in [-0.4, -0.2) is 5.97 Å². The molecule has 0 aromatic heterocycles. The van der Waals surface area contributed by atoms with Crippen molar-refractivity contribution in [2.45, 2.75) is 6.92 Å². The molecule has 4 heteroatoms. The van der Waals surface area contributed by atoms with E-state index in [0.717, 1.165) is 0 Å². The van der Waals surface area contributed by atoms with Crippen molar-refractivity contribution in [3.8, 4) is 0 Å². The van der Waals surface area contributed by atoms with Crippen LogP contribution in [-0.2, 0) is 51.2 Å². The maximum Gasteiger partial charge on any atom is 0 e. The Balaban J connectivity index is 0. The first kappa shape index (κ1) is 10.0. The Morgan fingerprint density at radius 1 is 1.83 bits per heavy atom. The molecule has 6 heavy (non-hydrogen) atoms. The van der Waals surface area contributed by atoms with Gasteiger partial charge in [0.25, 0.3) is 0 Å². The third kappa shape index (κ3) is 8.87. The summed E-state index contributed by atoms with van der Waals surface area (Å²) in [6, 6.07) is 0. The smallest absolute Gasteiger partial charge is 0 e. The second kappa shape index (κ2) is 5.92. The zero-order valence-electron chi connectivity index (χ0n) is 3.12. The van der Waals surface area contributed by atoms with Crippen molar-refractivity contribution in [3.63, 3.8) is 0 Å². The molecule has 0 radical (unpaired) electrons. The molecule has 0 aromatic carbocycles. The van der Waals surface area contributed by atoms with Gasteiger partial charge in [0.15, 0.2) is 0 Å². The number of carbonyl (C=O) groups excluding carboxylic acids is 1. The van der Waals surface area contributed by atoms with Gasteiger partial charge in [-0.25, -0.2) is 0 Å². The van der Waals surface area contributed by atoms with Crippen LogP contribution < -0.4 is 0 Å². The van der Waals surface area contributed by atoms with Gasteiger partial charge in [0, 0.05) is 21.7 Å². The average Bonchev–Trinajstić information content (AvgIpc) is 1.38. The monoisotopic (exact) mass is 304 g/mol. The number of hydrogen-bond donors (Lipinski definition) is 0. The van der Waals surface area contributed by atoms with E-state index >= 15 is 0 Å². The Morgan fingerprint density at radius 3 is 2.00 bits per heavy atom. The minimum Gasteiger partial charge on any atom is 0 e. The van der Waals surface area contributed by atoms with Gasteiger partial charge in [-0.05, 0) is 0 Å². The fourth-order valence-corrected chi connectivity index (χ4v) is 0. The number of carbonyl (C=O) groups is 1. The van der Waals surface area contributed by atoms with E-state index in [-0.39, 0.29) is 27.7 Å². The summed E-state index contributed by atoms with van der Waals surface area (Å²) in [4.78, 5) is 9.58. The Bertz CT molecular complexity index is 46.8. The SMILES string of the molecule is CC(=O)[O][Au].[Ti]. The van der Waals surface area contributed by atoms with Crippen molar-refractivity contribution in [1.29, 1.82) is 0 Å². The van der Waals surface area contributed by atoms with Gasteiger partial charge in [0.2, 0.25) is 0 Å². The standard InChI is InChI=1S/C2H4O2.Au.Ti/c1-2(3)4;;/h1H3,(H,3,4);;/q;+1;/p-1. The van der Waals surface area contributed by atoms with E-state index in [9.17, 15) is 4.79 Å². The second-order valence-corrected chi connectivity index (χ2v) is 0.995. The van der Waals surface area contributed by atoms with Crippen LogP contribution in [0.5, 0.6) is 0 Å². The minimum atomic E-state index is -0.270. The van der Waals surface area contributed by atoms with Gasteiger partial charge in [-0.15, -0.1) is 0 Å². The molecule has 0 N–H and O–H groups in total. The third-order valence-corrected chi connectivity index (χ3v) is 0.709. The van der Waals surface area contributed by atoms with E-state index in [1.165, 1.54) is 6.92 Å². The zero-order valence-corrected chi connectivity index (χ0v) is 6.85. The Kier molecular flexibility index (Phi) is 9.90. The van der Waals surface area contributed by atoms with Crippen LogP contribution in [0.3, 0.4) is 0 Å². The quantitative estimate of drug-likeness (QED) is 0.589. The molecule has 0 aliphatic carbocycles. The molecule has 0 bridgehead atoms. The van der Waals surface area contributed by atoms with Crippen LogP contribution in [0, 0.1) is 0 Å². The van der Waals surface area contributed by atoms with Gasteiger partial charge < -0.3 is 0 Å². The van der Waals surface area contributed by atoms with E-state index < -0.39 is 0 Å².